The molecular weight excluding hydrogens is 336 g/mol. The molecule has 0 unspecified atom stereocenters. The van der Waals surface area contributed by atoms with Gasteiger partial charge in [0.25, 0.3) is 0 Å². The van der Waals surface area contributed by atoms with Crippen molar-refractivity contribution in [2.75, 3.05) is 48.5 Å². The number of nitrogens with one attached hydrogen (secondary N) is 2. The molecule has 0 spiro atoms. The summed E-state index contributed by atoms with van der Waals surface area (Å²) in [5, 5.41) is 3.13. The van der Waals surface area contributed by atoms with Gasteiger partial charge in [-0.25, -0.2) is 5.84 Å². The van der Waals surface area contributed by atoms with Crippen molar-refractivity contribution in [3.8, 4) is 0 Å². The van der Waals surface area contributed by atoms with Gasteiger partial charge in [-0.05, 0) is 19.9 Å². The zero-order valence-corrected chi connectivity index (χ0v) is 15.1. The van der Waals surface area contributed by atoms with Crippen LogP contribution in [0.3, 0.4) is 0 Å². The van der Waals surface area contributed by atoms with E-state index in [9.17, 15) is 0 Å². The highest BCUT2D eigenvalue weighted by atomic mass is 15.4. The Labute approximate surface area is 152 Å². The third-order valence-corrected chi connectivity index (χ3v) is 4.87. The van der Waals surface area contributed by atoms with E-state index in [-0.39, 0.29) is 24.1 Å². The maximum absolute atomic E-state index is 6.38. The largest absolute Gasteiger partial charge is 0.338 e. The van der Waals surface area contributed by atoms with Crippen molar-refractivity contribution in [1.29, 1.82) is 0 Å². The van der Waals surface area contributed by atoms with Gasteiger partial charge in [0.2, 0.25) is 17.8 Å². The van der Waals surface area contributed by atoms with Gasteiger partial charge in [-0.1, -0.05) is 0 Å². The molecule has 0 amide bonds. The Kier molecular flexibility index (Phi) is 5.41. The molecular formula is C14H30N12. The lowest BCUT2D eigenvalue weighted by Gasteiger charge is -2.43. The summed E-state index contributed by atoms with van der Waals surface area (Å²) in [5.41, 5.74) is 26.6. The quantitative estimate of drug-likeness (QED) is 0.157. The lowest BCUT2D eigenvalue weighted by molar-refractivity contribution is 0.274. The number of hydrogen-bond acceptors (Lipinski definition) is 12. The van der Waals surface area contributed by atoms with E-state index >= 15 is 0 Å². The number of likely N-dealkylation sites (N-methyl/N-ethyl adjacent to an activating group) is 1. The number of rotatable bonds is 4. The minimum atomic E-state index is -0.614. The van der Waals surface area contributed by atoms with Gasteiger partial charge in [0.1, 0.15) is 0 Å². The fraction of sp³-hybridized carbons (Fsp3) is 0.786. The molecule has 0 aliphatic carbocycles. The minimum absolute atomic E-state index is 0.0300. The third kappa shape index (κ3) is 4.11. The van der Waals surface area contributed by atoms with Crippen LogP contribution in [0.25, 0.3) is 0 Å². The maximum Gasteiger partial charge on any atom is 0.243 e. The monoisotopic (exact) mass is 366 g/mol. The van der Waals surface area contributed by atoms with Gasteiger partial charge in [-0.2, -0.15) is 15.0 Å². The van der Waals surface area contributed by atoms with Crippen molar-refractivity contribution in [2.45, 2.75) is 36.6 Å². The Balaban J connectivity index is 1.90. The van der Waals surface area contributed by atoms with E-state index in [1.54, 1.807) is 0 Å². The van der Waals surface area contributed by atoms with Crippen LogP contribution in [0, 0.1) is 0 Å². The molecule has 2 fully saturated rings. The summed E-state index contributed by atoms with van der Waals surface area (Å²) >= 11 is 0. The lowest BCUT2D eigenvalue weighted by atomic mass is 9.96. The number of hydrazine groups is 1. The molecule has 4 atom stereocenters. The van der Waals surface area contributed by atoms with E-state index in [1.165, 1.54) is 0 Å². The molecule has 3 heterocycles. The Morgan fingerprint density at radius 2 is 1.54 bits per heavy atom. The Morgan fingerprint density at radius 1 is 0.962 bits per heavy atom. The van der Waals surface area contributed by atoms with Crippen molar-refractivity contribution in [3.63, 3.8) is 0 Å². The number of hydrogen-bond donors (Lipinski definition) is 7. The topological polar surface area (TPSA) is 199 Å². The molecule has 0 aromatic carbocycles. The second-order valence-corrected chi connectivity index (χ2v) is 7.32. The highest BCUT2D eigenvalue weighted by Crippen LogP contribution is 2.23. The van der Waals surface area contributed by atoms with Crippen LogP contribution in [0.15, 0.2) is 0 Å². The van der Waals surface area contributed by atoms with Crippen LogP contribution in [0.1, 0.15) is 12.8 Å². The van der Waals surface area contributed by atoms with Gasteiger partial charge in [0.15, 0.2) is 0 Å². The molecule has 0 bridgehead atoms. The Bertz CT molecular complexity index is 616. The fourth-order valence-corrected chi connectivity index (χ4v) is 3.66. The van der Waals surface area contributed by atoms with E-state index in [4.69, 9.17) is 28.8 Å². The van der Waals surface area contributed by atoms with E-state index in [0.29, 0.717) is 44.5 Å². The van der Waals surface area contributed by atoms with Crippen LogP contribution in [0.4, 0.5) is 17.8 Å². The predicted octanol–water partition coefficient (Wildman–Crippen LogP) is -3.57. The molecule has 26 heavy (non-hydrogen) atoms. The average Bonchev–Trinajstić information content (AvgIpc) is 2.59. The summed E-state index contributed by atoms with van der Waals surface area (Å²) < 4.78 is 0. The number of nitrogens with zero attached hydrogens (tertiary/aromatic N) is 5. The van der Waals surface area contributed by atoms with Crippen LogP contribution in [-0.2, 0) is 0 Å². The zero-order chi connectivity index (χ0) is 18.9. The van der Waals surface area contributed by atoms with Gasteiger partial charge < -0.3 is 38.1 Å². The summed E-state index contributed by atoms with van der Waals surface area (Å²) in [6, 6.07) is -0.164. The van der Waals surface area contributed by atoms with Crippen LogP contribution >= 0.6 is 0 Å². The molecule has 1 aromatic rings. The summed E-state index contributed by atoms with van der Waals surface area (Å²) in [6.07, 6.45) is 1.44. The molecule has 2 aliphatic rings. The van der Waals surface area contributed by atoms with E-state index in [0.717, 1.165) is 6.42 Å². The standard InChI is InChI=1S/C14H30N12/c1-20-14(18)3-10(17)6-26(7-14)13-22-11(24-19)21-12(23-13)25-4-8(15)2-9(16)5-25/h8-10,20H,2-7,15-19H2,1H3,(H,21,22,23,24)/t8-,9+,10-,14-/m1/s1. The van der Waals surface area contributed by atoms with Crippen LogP contribution in [0.5, 0.6) is 0 Å². The molecule has 0 saturated carbocycles. The number of piperidine rings is 2. The summed E-state index contributed by atoms with van der Waals surface area (Å²) in [6.45, 7) is 2.35. The Hall–Kier alpha value is -1.83. The van der Waals surface area contributed by atoms with Crippen LogP contribution in [-0.4, -0.2) is 72.0 Å². The molecule has 12 nitrogen and oxygen atoms in total. The van der Waals surface area contributed by atoms with Crippen molar-refractivity contribution in [1.82, 2.24) is 20.3 Å². The molecule has 2 aliphatic heterocycles. The zero-order valence-electron chi connectivity index (χ0n) is 15.1. The second-order valence-electron chi connectivity index (χ2n) is 7.32. The predicted molar refractivity (Wildman–Crippen MR) is 101 cm³/mol. The molecule has 1 aromatic heterocycles. The smallest absolute Gasteiger partial charge is 0.243 e. The third-order valence-electron chi connectivity index (χ3n) is 4.87. The Morgan fingerprint density at radius 3 is 2.12 bits per heavy atom. The van der Waals surface area contributed by atoms with Gasteiger partial charge in [0, 0.05) is 37.8 Å². The summed E-state index contributed by atoms with van der Waals surface area (Å²) in [5.74, 6) is 6.78. The number of nitrogen functional groups attached to an aromatic ring is 1. The van der Waals surface area contributed by atoms with Gasteiger partial charge in [-0.3, -0.25) is 5.43 Å². The SMILES string of the molecule is CN[C@]1(N)C[C@@H](N)CN(c2nc(NN)nc(N3C[C@H](N)C[C@H](N)C3)n2)C1. The summed E-state index contributed by atoms with van der Waals surface area (Å²) in [7, 11) is 1.82. The van der Waals surface area contributed by atoms with E-state index in [1.807, 2.05) is 16.8 Å². The second kappa shape index (κ2) is 7.42. The van der Waals surface area contributed by atoms with E-state index < -0.39 is 5.66 Å². The molecule has 146 valence electrons. The highest BCUT2D eigenvalue weighted by molar-refractivity contribution is 5.46. The van der Waals surface area contributed by atoms with Crippen LogP contribution in [0.2, 0.25) is 0 Å². The van der Waals surface area contributed by atoms with Gasteiger partial charge >= 0.3 is 0 Å². The van der Waals surface area contributed by atoms with Crippen molar-refractivity contribution in [3.05, 3.63) is 0 Å². The van der Waals surface area contributed by atoms with Crippen molar-refractivity contribution in [2.24, 2.45) is 28.8 Å². The maximum atomic E-state index is 6.38. The minimum Gasteiger partial charge on any atom is -0.338 e. The molecule has 3 rings (SSSR count). The molecule has 12 N–H and O–H groups in total. The molecule has 2 saturated heterocycles. The average molecular weight is 366 g/mol. The van der Waals surface area contributed by atoms with Gasteiger partial charge in [-0.15, -0.1) is 0 Å². The first-order valence-corrected chi connectivity index (χ1v) is 8.79. The molecule has 12 heteroatoms. The number of anilines is 3. The van der Waals surface area contributed by atoms with Crippen molar-refractivity contribution >= 4 is 17.8 Å². The lowest BCUT2D eigenvalue weighted by Crippen LogP contribution is -2.67. The first-order chi connectivity index (χ1) is 12.3. The van der Waals surface area contributed by atoms with Crippen molar-refractivity contribution < 1.29 is 0 Å². The number of nitrogens with two attached hydrogens (primary N) is 5. The molecule has 0 radical (unpaired) electrons. The highest BCUT2D eigenvalue weighted by Gasteiger charge is 2.36. The number of aromatic nitrogens is 3. The first-order valence-electron chi connectivity index (χ1n) is 8.79. The fourth-order valence-electron chi connectivity index (χ4n) is 3.66. The van der Waals surface area contributed by atoms with E-state index in [2.05, 4.69) is 25.7 Å². The first kappa shape index (κ1) is 18.9. The normalized spacial score (nSPS) is 32.6. The van der Waals surface area contributed by atoms with Crippen LogP contribution < -0.4 is 49.3 Å². The van der Waals surface area contributed by atoms with Gasteiger partial charge in [0.05, 0.1) is 12.2 Å². The summed E-state index contributed by atoms with van der Waals surface area (Å²) in [4.78, 5) is 17.3.